The highest BCUT2D eigenvalue weighted by atomic mass is 35.5. The van der Waals surface area contributed by atoms with Gasteiger partial charge in [0.25, 0.3) is 0 Å². The number of halogens is 2. The van der Waals surface area contributed by atoms with Crippen molar-refractivity contribution in [1.82, 2.24) is 9.97 Å². The fraction of sp³-hybridized carbons (Fsp3) is 0.444. The normalized spacial score (nSPS) is 16.8. The Morgan fingerprint density at radius 1 is 1.27 bits per heavy atom. The van der Waals surface area contributed by atoms with Gasteiger partial charge in [0.05, 0.1) is 22.3 Å². The molecule has 2 aromatic rings. The van der Waals surface area contributed by atoms with Gasteiger partial charge in [-0.1, -0.05) is 41.0 Å². The van der Waals surface area contributed by atoms with Gasteiger partial charge in [0, 0.05) is 23.5 Å². The molecule has 1 aliphatic rings. The molecule has 3 N–H and O–H groups in total. The van der Waals surface area contributed by atoms with Crippen LogP contribution in [0.2, 0.25) is 10.0 Å². The molecule has 1 aromatic heterocycles. The molecule has 5 nitrogen and oxygen atoms in total. The zero-order valence-corrected chi connectivity index (χ0v) is 17.1. The summed E-state index contributed by atoms with van der Waals surface area (Å²) in [5, 5.41) is 11.5. The summed E-state index contributed by atoms with van der Waals surface area (Å²) in [7, 11) is 0. The van der Waals surface area contributed by atoms with Gasteiger partial charge in [-0.3, -0.25) is 0 Å². The fourth-order valence-corrected chi connectivity index (χ4v) is 4.25. The van der Waals surface area contributed by atoms with E-state index in [1.807, 2.05) is 19.1 Å². The third kappa shape index (κ3) is 4.26. The van der Waals surface area contributed by atoms with Crippen LogP contribution >= 0.6 is 35.0 Å². The van der Waals surface area contributed by atoms with Crippen molar-refractivity contribution in [1.29, 1.82) is 0 Å². The number of anilines is 1. The van der Waals surface area contributed by atoms with Crippen LogP contribution in [0, 0.1) is 6.92 Å². The summed E-state index contributed by atoms with van der Waals surface area (Å²) < 4.78 is 0. The van der Waals surface area contributed by atoms with E-state index < -0.39 is 0 Å². The number of nitrogens with zero attached hydrogens (tertiary/aromatic N) is 3. The van der Waals surface area contributed by atoms with E-state index in [0.29, 0.717) is 20.8 Å². The Labute approximate surface area is 167 Å². The molecule has 140 valence electrons. The number of hydrogen-bond donors (Lipinski definition) is 2. The topological polar surface area (TPSA) is 75.3 Å². The third-order valence-corrected chi connectivity index (χ3v) is 6.63. The van der Waals surface area contributed by atoms with Gasteiger partial charge >= 0.3 is 0 Å². The first-order valence-corrected chi connectivity index (χ1v) is 10.0. The Balaban J connectivity index is 1.89. The van der Waals surface area contributed by atoms with E-state index in [1.54, 1.807) is 6.07 Å². The summed E-state index contributed by atoms with van der Waals surface area (Å²) in [6.07, 6.45) is 1.76. The van der Waals surface area contributed by atoms with Crippen molar-refractivity contribution in [3.05, 3.63) is 39.6 Å². The molecular formula is C18H22Cl2N4OS. The minimum absolute atomic E-state index is 0.141. The number of piperidine rings is 1. The average Bonchev–Trinajstić information content (AvgIpc) is 2.60. The summed E-state index contributed by atoms with van der Waals surface area (Å²) in [6.45, 7) is 5.43. The van der Waals surface area contributed by atoms with Crippen LogP contribution in [0.4, 0.5) is 5.82 Å². The maximum absolute atomic E-state index is 9.82. The fourth-order valence-electron chi connectivity index (χ4n) is 2.88. The van der Waals surface area contributed by atoms with Crippen LogP contribution in [0.15, 0.2) is 28.1 Å². The molecule has 1 aromatic carbocycles. The molecule has 0 bridgehead atoms. The van der Waals surface area contributed by atoms with Crippen LogP contribution in [0.25, 0.3) is 0 Å². The number of aliphatic hydroxyl groups excluding tert-OH is 1. The molecule has 0 atom stereocenters. The second kappa shape index (κ2) is 7.90. The second-order valence-corrected chi connectivity index (χ2v) is 8.65. The van der Waals surface area contributed by atoms with Crippen LogP contribution in [0.3, 0.4) is 0 Å². The van der Waals surface area contributed by atoms with Crippen LogP contribution < -0.4 is 10.6 Å². The summed E-state index contributed by atoms with van der Waals surface area (Å²) in [4.78, 5) is 12.3. The first kappa shape index (κ1) is 19.7. The van der Waals surface area contributed by atoms with E-state index >= 15 is 0 Å². The molecule has 26 heavy (non-hydrogen) atoms. The number of rotatable bonds is 4. The molecule has 2 heterocycles. The third-order valence-electron chi connectivity index (χ3n) is 4.56. The van der Waals surface area contributed by atoms with E-state index in [2.05, 4.69) is 16.8 Å². The van der Waals surface area contributed by atoms with Crippen molar-refractivity contribution < 1.29 is 5.11 Å². The summed E-state index contributed by atoms with van der Waals surface area (Å²) in [6, 6.07) is 5.48. The first-order valence-electron chi connectivity index (χ1n) is 8.45. The van der Waals surface area contributed by atoms with E-state index in [1.165, 1.54) is 11.8 Å². The highest BCUT2D eigenvalue weighted by Crippen LogP contribution is 2.38. The van der Waals surface area contributed by atoms with Gasteiger partial charge in [-0.15, -0.1) is 0 Å². The molecule has 0 saturated carbocycles. The lowest BCUT2D eigenvalue weighted by Crippen LogP contribution is -2.48. The molecule has 1 saturated heterocycles. The SMILES string of the molecule is Cc1nc(N2CCC(C)(N)CC2)c(CO)nc1Sc1cccc(Cl)c1Cl. The summed E-state index contributed by atoms with van der Waals surface area (Å²) in [5.41, 5.74) is 7.43. The quantitative estimate of drug-likeness (QED) is 0.788. The predicted octanol–water partition coefficient (Wildman–Crippen LogP) is 4.05. The lowest BCUT2D eigenvalue weighted by Gasteiger charge is -2.38. The van der Waals surface area contributed by atoms with Gasteiger partial charge in [-0.25, -0.2) is 9.97 Å². The van der Waals surface area contributed by atoms with Crippen molar-refractivity contribution in [3.63, 3.8) is 0 Å². The monoisotopic (exact) mass is 412 g/mol. The zero-order valence-electron chi connectivity index (χ0n) is 14.8. The van der Waals surface area contributed by atoms with Gasteiger partial charge < -0.3 is 15.7 Å². The number of benzene rings is 1. The minimum atomic E-state index is -0.171. The second-order valence-electron chi connectivity index (χ2n) is 6.84. The Morgan fingerprint density at radius 2 is 1.96 bits per heavy atom. The minimum Gasteiger partial charge on any atom is -0.390 e. The maximum Gasteiger partial charge on any atom is 0.153 e. The summed E-state index contributed by atoms with van der Waals surface area (Å²) >= 11 is 13.8. The van der Waals surface area contributed by atoms with E-state index in [4.69, 9.17) is 33.9 Å². The molecular weight excluding hydrogens is 391 g/mol. The van der Waals surface area contributed by atoms with Gasteiger partial charge in [0.2, 0.25) is 0 Å². The van der Waals surface area contributed by atoms with Crippen LogP contribution in [0.5, 0.6) is 0 Å². The average molecular weight is 413 g/mol. The first-order chi connectivity index (χ1) is 12.3. The van der Waals surface area contributed by atoms with Crippen LogP contribution in [0.1, 0.15) is 31.2 Å². The lowest BCUT2D eigenvalue weighted by molar-refractivity contribution is 0.274. The summed E-state index contributed by atoms with van der Waals surface area (Å²) in [5.74, 6) is 0.738. The van der Waals surface area contributed by atoms with Crippen molar-refractivity contribution in [2.45, 2.75) is 48.8 Å². The molecule has 1 fully saturated rings. The molecule has 3 rings (SSSR count). The number of aromatic nitrogens is 2. The largest absolute Gasteiger partial charge is 0.390 e. The maximum atomic E-state index is 9.82. The number of aliphatic hydroxyl groups is 1. The number of hydrogen-bond acceptors (Lipinski definition) is 6. The highest BCUT2D eigenvalue weighted by molar-refractivity contribution is 7.99. The highest BCUT2D eigenvalue weighted by Gasteiger charge is 2.28. The van der Waals surface area contributed by atoms with E-state index in [0.717, 1.165) is 42.3 Å². The Hall–Kier alpha value is -1.05. The van der Waals surface area contributed by atoms with Crippen LogP contribution in [-0.2, 0) is 6.61 Å². The molecule has 0 spiro atoms. The van der Waals surface area contributed by atoms with Crippen molar-refractivity contribution in [2.24, 2.45) is 5.73 Å². The number of nitrogens with two attached hydrogens (primary N) is 1. The Kier molecular flexibility index (Phi) is 5.99. The Bertz CT molecular complexity index is 806. The molecule has 0 radical (unpaired) electrons. The smallest absolute Gasteiger partial charge is 0.153 e. The molecule has 8 heteroatoms. The van der Waals surface area contributed by atoms with Gasteiger partial charge in [-0.05, 0) is 38.8 Å². The molecule has 1 aliphatic heterocycles. The predicted molar refractivity (Wildman–Crippen MR) is 107 cm³/mol. The van der Waals surface area contributed by atoms with Gasteiger partial charge in [-0.2, -0.15) is 0 Å². The molecule has 0 aliphatic carbocycles. The van der Waals surface area contributed by atoms with E-state index in [9.17, 15) is 5.11 Å². The molecule has 0 amide bonds. The van der Waals surface area contributed by atoms with Crippen molar-refractivity contribution in [2.75, 3.05) is 18.0 Å². The van der Waals surface area contributed by atoms with E-state index in [-0.39, 0.29) is 12.1 Å². The van der Waals surface area contributed by atoms with Gasteiger partial charge in [0.15, 0.2) is 5.82 Å². The Morgan fingerprint density at radius 3 is 2.62 bits per heavy atom. The van der Waals surface area contributed by atoms with Gasteiger partial charge in [0.1, 0.15) is 10.7 Å². The van der Waals surface area contributed by atoms with Crippen molar-refractivity contribution >= 4 is 40.8 Å². The standard InChI is InChI=1S/C18H22Cl2N4OS/c1-11-17(26-14-5-3-4-12(19)15(14)20)23-13(10-25)16(22-11)24-8-6-18(2,21)7-9-24/h3-5,25H,6-10,21H2,1-2H3. The zero-order chi connectivity index (χ0) is 18.9. The van der Waals surface area contributed by atoms with Crippen LogP contribution in [-0.4, -0.2) is 33.7 Å². The number of aryl methyl sites for hydroxylation is 1. The van der Waals surface area contributed by atoms with Crippen molar-refractivity contribution in [3.8, 4) is 0 Å². The lowest BCUT2D eigenvalue weighted by atomic mass is 9.91. The molecule has 0 unspecified atom stereocenters.